The van der Waals surface area contributed by atoms with Gasteiger partial charge in [0.2, 0.25) is 0 Å². The van der Waals surface area contributed by atoms with Crippen LogP contribution in [-0.4, -0.2) is 37.4 Å². The van der Waals surface area contributed by atoms with E-state index >= 15 is 0 Å². The van der Waals surface area contributed by atoms with Gasteiger partial charge < -0.3 is 15.2 Å². The lowest BCUT2D eigenvalue weighted by Gasteiger charge is -2.30. The van der Waals surface area contributed by atoms with E-state index in [2.05, 4.69) is 5.32 Å². The smallest absolute Gasteiger partial charge is 0.306 e. The van der Waals surface area contributed by atoms with Crippen LogP contribution in [0.3, 0.4) is 0 Å². The first-order valence-corrected chi connectivity index (χ1v) is 5.72. The number of hydrogen-bond acceptors (Lipinski definition) is 3. The van der Waals surface area contributed by atoms with Gasteiger partial charge in [-0.1, -0.05) is 0 Å². The largest absolute Gasteiger partial charge is 0.481 e. The first kappa shape index (κ1) is 10.9. The van der Waals surface area contributed by atoms with E-state index in [4.69, 9.17) is 9.84 Å². The fourth-order valence-corrected chi connectivity index (χ4v) is 2.77. The zero-order chi connectivity index (χ0) is 10.8. The number of carbonyl (C=O) groups is 1. The molecule has 86 valence electrons. The van der Waals surface area contributed by atoms with E-state index in [0.29, 0.717) is 17.9 Å². The Kier molecular flexibility index (Phi) is 3.26. The Morgan fingerprint density at radius 1 is 1.47 bits per heavy atom. The Morgan fingerprint density at radius 2 is 2.13 bits per heavy atom. The first-order valence-electron chi connectivity index (χ1n) is 5.72. The second-order valence-corrected chi connectivity index (χ2v) is 4.61. The van der Waals surface area contributed by atoms with E-state index < -0.39 is 5.97 Å². The fraction of sp³-hybridized carbons (Fsp3) is 0.909. The van der Waals surface area contributed by atoms with Gasteiger partial charge in [-0.3, -0.25) is 4.79 Å². The minimum Gasteiger partial charge on any atom is -0.481 e. The molecule has 0 spiro atoms. The topological polar surface area (TPSA) is 58.6 Å². The Hall–Kier alpha value is -0.610. The molecule has 1 saturated heterocycles. The van der Waals surface area contributed by atoms with Crippen molar-refractivity contribution in [2.75, 3.05) is 20.3 Å². The maximum atomic E-state index is 10.8. The van der Waals surface area contributed by atoms with Crippen molar-refractivity contribution in [1.29, 1.82) is 0 Å². The minimum absolute atomic E-state index is 0.106. The molecule has 1 aliphatic heterocycles. The molecule has 2 aliphatic rings. The molecule has 1 heterocycles. The molecular weight excluding hydrogens is 194 g/mol. The van der Waals surface area contributed by atoms with Gasteiger partial charge in [0.15, 0.2) is 0 Å². The molecule has 0 radical (unpaired) electrons. The van der Waals surface area contributed by atoms with Crippen molar-refractivity contribution in [3.05, 3.63) is 0 Å². The van der Waals surface area contributed by atoms with Gasteiger partial charge >= 0.3 is 5.97 Å². The van der Waals surface area contributed by atoms with Gasteiger partial charge in [-0.2, -0.15) is 0 Å². The molecule has 4 nitrogen and oxygen atoms in total. The van der Waals surface area contributed by atoms with Gasteiger partial charge in [-0.05, 0) is 38.1 Å². The van der Waals surface area contributed by atoms with Crippen LogP contribution in [0.4, 0.5) is 0 Å². The maximum Gasteiger partial charge on any atom is 0.306 e. The first-order chi connectivity index (χ1) is 7.24. The van der Waals surface area contributed by atoms with E-state index in [9.17, 15) is 4.79 Å². The van der Waals surface area contributed by atoms with Gasteiger partial charge in [0, 0.05) is 19.3 Å². The summed E-state index contributed by atoms with van der Waals surface area (Å²) in [5, 5.41) is 12.2. The predicted molar refractivity (Wildman–Crippen MR) is 55.6 cm³/mol. The third-order valence-electron chi connectivity index (χ3n) is 3.73. The number of hydrogen-bond donors (Lipinski definition) is 2. The number of carboxylic acids is 1. The van der Waals surface area contributed by atoms with Crippen molar-refractivity contribution in [3.8, 4) is 0 Å². The van der Waals surface area contributed by atoms with Crippen LogP contribution in [0, 0.1) is 17.8 Å². The molecule has 2 fully saturated rings. The second-order valence-electron chi connectivity index (χ2n) is 4.61. The average molecular weight is 213 g/mol. The summed E-state index contributed by atoms with van der Waals surface area (Å²) in [4.78, 5) is 10.8. The van der Waals surface area contributed by atoms with Crippen LogP contribution >= 0.6 is 0 Å². The number of aliphatic carboxylic acids is 1. The van der Waals surface area contributed by atoms with Crippen molar-refractivity contribution in [2.24, 2.45) is 17.8 Å². The summed E-state index contributed by atoms with van der Waals surface area (Å²) in [6, 6.07) is 0.370. The predicted octanol–water partition coefficient (Wildman–Crippen LogP) is 0.722. The van der Waals surface area contributed by atoms with Crippen LogP contribution in [0.1, 0.15) is 19.3 Å². The van der Waals surface area contributed by atoms with E-state index in [0.717, 1.165) is 32.5 Å². The molecule has 1 saturated carbocycles. The van der Waals surface area contributed by atoms with Crippen molar-refractivity contribution < 1.29 is 14.6 Å². The van der Waals surface area contributed by atoms with E-state index in [1.165, 1.54) is 0 Å². The highest BCUT2D eigenvalue weighted by atomic mass is 16.5. The molecule has 0 amide bonds. The molecule has 15 heavy (non-hydrogen) atoms. The van der Waals surface area contributed by atoms with Crippen LogP contribution in [0.15, 0.2) is 0 Å². The summed E-state index contributed by atoms with van der Waals surface area (Å²) in [7, 11) is 1.94. The van der Waals surface area contributed by atoms with Gasteiger partial charge in [-0.25, -0.2) is 0 Å². The van der Waals surface area contributed by atoms with E-state index in [-0.39, 0.29) is 5.92 Å². The van der Waals surface area contributed by atoms with Gasteiger partial charge in [0.25, 0.3) is 0 Å². The van der Waals surface area contributed by atoms with Crippen LogP contribution in [0.2, 0.25) is 0 Å². The van der Waals surface area contributed by atoms with Gasteiger partial charge in [0.1, 0.15) is 0 Å². The molecule has 0 aromatic heterocycles. The van der Waals surface area contributed by atoms with Crippen LogP contribution in [0.25, 0.3) is 0 Å². The zero-order valence-corrected chi connectivity index (χ0v) is 9.11. The third-order valence-corrected chi connectivity index (χ3v) is 3.73. The molecule has 0 aromatic rings. The standard InChI is InChI=1S/C11H19NO3/c1-12-10(7-2-4-15-5-3-7)8-6-9(8)11(13)14/h7-10,12H,2-6H2,1H3,(H,13,14). The zero-order valence-electron chi connectivity index (χ0n) is 9.11. The average Bonchev–Trinajstić information content (AvgIpc) is 3.01. The normalized spacial score (nSPS) is 33.7. The molecule has 0 aromatic carbocycles. The summed E-state index contributed by atoms with van der Waals surface area (Å²) in [5.74, 6) is 0.200. The van der Waals surface area contributed by atoms with Crippen molar-refractivity contribution in [1.82, 2.24) is 5.32 Å². The van der Waals surface area contributed by atoms with Crippen LogP contribution in [0.5, 0.6) is 0 Å². The van der Waals surface area contributed by atoms with Crippen LogP contribution < -0.4 is 5.32 Å². The molecule has 1 aliphatic carbocycles. The number of nitrogens with one attached hydrogen (secondary N) is 1. The van der Waals surface area contributed by atoms with E-state index in [1.54, 1.807) is 0 Å². The van der Waals surface area contributed by atoms with E-state index in [1.807, 2.05) is 7.05 Å². The van der Waals surface area contributed by atoms with Crippen molar-refractivity contribution in [3.63, 3.8) is 0 Å². The number of ether oxygens (including phenoxy) is 1. The highest BCUT2D eigenvalue weighted by Crippen LogP contribution is 2.44. The summed E-state index contributed by atoms with van der Waals surface area (Å²) in [5.41, 5.74) is 0. The molecule has 4 heteroatoms. The maximum absolute atomic E-state index is 10.8. The van der Waals surface area contributed by atoms with Crippen molar-refractivity contribution >= 4 is 5.97 Å². The van der Waals surface area contributed by atoms with Gasteiger partial charge in [0.05, 0.1) is 5.92 Å². The van der Waals surface area contributed by atoms with Crippen LogP contribution in [-0.2, 0) is 9.53 Å². The lowest BCUT2D eigenvalue weighted by molar-refractivity contribution is -0.139. The molecule has 0 bridgehead atoms. The number of carboxylic acid groups (broad SMARTS) is 1. The lowest BCUT2D eigenvalue weighted by atomic mass is 9.88. The Labute approximate surface area is 90.0 Å². The molecule has 2 N–H and O–H groups in total. The highest BCUT2D eigenvalue weighted by Gasteiger charge is 2.49. The van der Waals surface area contributed by atoms with Gasteiger partial charge in [-0.15, -0.1) is 0 Å². The monoisotopic (exact) mass is 213 g/mol. The lowest BCUT2D eigenvalue weighted by Crippen LogP contribution is -2.39. The quantitative estimate of drug-likeness (QED) is 0.722. The number of rotatable bonds is 4. The highest BCUT2D eigenvalue weighted by molar-refractivity contribution is 5.73. The Balaban J connectivity index is 1.90. The second kappa shape index (κ2) is 4.49. The molecule has 2 rings (SSSR count). The minimum atomic E-state index is -0.632. The Bertz CT molecular complexity index is 238. The molecule has 3 atom stereocenters. The summed E-state index contributed by atoms with van der Waals surface area (Å²) >= 11 is 0. The molecule has 3 unspecified atom stereocenters. The van der Waals surface area contributed by atoms with Crippen molar-refractivity contribution in [2.45, 2.75) is 25.3 Å². The molecular formula is C11H19NO3. The summed E-state index contributed by atoms with van der Waals surface area (Å²) in [6.45, 7) is 1.65. The SMILES string of the molecule is CNC(C1CCOCC1)C1CC1C(=O)O. The fourth-order valence-electron chi connectivity index (χ4n) is 2.77. The summed E-state index contributed by atoms with van der Waals surface area (Å²) < 4.78 is 5.32. The Morgan fingerprint density at radius 3 is 2.60 bits per heavy atom. The summed E-state index contributed by atoms with van der Waals surface area (Å²) in [6.07, 6.45) is 2.97. The third kappa shape index (κ3) is 2.32.